The van der Waals surface area contributed by atoms with Crippen molar-refractivity contribution in [3.05, 3.63) is 65.9 Å². The van der Waals surface area contributed by atoms with Crippen LogP contribution >= 0.6 is 0 Å². The van der Waals surface area contributed by atoms with Crippen molar-refractivity contribution in [2.24, 2.45) is 0 Å². The number of nitrogens with zero attached hydrogens (tertiary/aromatic N) is 1. The second-order valence-corrected chi connectivity index (χ2v) is 5.00. The van der Waals surface area contributed by atoms with Gasteiger partial charge in [-0.25, -0.2) is 0 Å². The van der Waals surface area contributed by atoms with E-state index in [9.17, 15) is 0 Å². The third-order valence-electron chi connectivity index (χ3n) is 3.60. The molecule has 3 rings (SSSR count). The molecule has 3 aromatic rings. The predicted molar refractivity (Wildman–Crippen MR) is 86.3 cm³/mol. The number of para-hydroxylation sites is 1. The average molecular weight is 278 g/mol. The molecule has 0 aliphatic carbocycles. The first kappa shape index (κ1) is 13.4. The fraction of sp³-hybridized carbons (Fsp3) is 0.167. The molecule has 0 aliphatic heterocycles. The Bertz CT molecular complexity index is 763. The van der Waals surface area contributed by atoms with Crippen molar-refractivity contribution in [2.75, 3.05) is 5.73 Å². The molecule has 0 unspecified atom stereocenters. The molecule has 106 valence electrons. The fourth-order valence-corrected chi connectivity index (χ4v) is 2.39. The minimum absolute atomic E-state index is 0.485. The molecule has 2 aromatic carbocycles. The summed E-state index contributed by atoms with van der Waals surface area (Å²) in [6, 6.07) is 16.0. The highest BCUT2D eigenvalue weighted by Gasteiger charge is 2.05. The van der Waals surface area contributed by atoms with Crippen molar-refractivity contribution >= 4 is 16.6 Å². The summed E-state index contributed by atoms with van der Waals surface area (Å²) in [6.07, 6.45) is 2.78. The maximum atomic E-state index is 6.04. The zero-order valence-electron chi connectivity index (χ0n) is 12.0. The van der Waals surface area contributed by atoms with E-state index in [1.165, 1.54) is 5.56 Å². The molecule has 0 radical (unpaired) electrons. The number of hydrogen-bond donors (Lipinski definition) is 1. The number of hydrogen-bond acceptors (Lipinski definition) is 3. The first-order valence-electron chi connectivity index (χ1n) is 7.11. The van der Waals surface area contributed by atoms with Gasteiger partial charge < -0.3 is 10.5 Å². The monoisotopic (exact) mass is 278 g/mol. The van der Waals surface area contributed by atoms with Gasteiger partial charge in [0.15, 0.2) is 0 Å². The van der Waals surface area contributed by atoms with Crippen LogP contribution in [0.4, 0.5) is 5.69 Å². The second kappa shape index (κ2) is 5.83. The highest BCUT2D eigenvalue weighted by molar-refractivity contribution is 5.81. The van der Waals surface area contributed by atoms with Crippen LogP contribution in [0.3, 0.4) is 0 Å². The zero-order chi connectivity index (χ0) is 14.7. The van der Waals surface area contributed by atoms with E-state index in [4.69, 9.17) is 10.5 Å². The Morgan fingerprint density at radius 2 is 1.95 bits per heavy atom. The van der Waals surface area contributed by atoms with E-state index in [1.54, 1.807) is 0 Å². The Balaban J connectivity index is 1.84. The number of pyridine rings is 1. The molecule has 0 atom stereocenters. The van der Waals surface area contributed by atoms with Crippen molar-refractivity contribution in [2.45, 2.75) is 20.0 Å². The number of aryl methyl sites for hydroxylation is 1. The molecular formula is C18H18N2O. The number of ether oxygens (including phenoxy) is 1. The summed E-state index contributed by atoms with van der Waals surface area (Å²) in [5.74, 6) is 0.730. The van der Waals surface area contributed by atoms with Crippen molar-refractivity contribution in [1.82, 2.24) is 4.98 Å². The number of fused-ring (bicyclic) bond motifs is 1. The Morgan fingerprint density at radius 1 is 1.10 bits per heavy atom. The van der Waals surface area contributed by atoms with Gasteiger partial charge in [-0.15, -0.1) is 0 Å². The molecular weight excluding hydrogens is 260 g/mol. The molecule has 0 saturated heterocycles. The van der Waals surface area contributed by atoms with Crippen molar-refractivity contribution in [3.8, 4) is 5.75 Å². The van der Waals surface area contributed by atoms with Crippen LogP contribution in [0.2, 0.25) is 0 Å². The van der Waals surface area contributed by atoms with Crippen molar-refractivity contribution in [1.29, 1.82) is 0 Å². The molecule has 3 nitrogen and oxygen atoms in total. The third-order valence-corrected chi connectivity index (χ3v) is 3.60. The summed E-state index contributed by atoms with van der Waals surface area (Å²) in [5, 5.41) is 1.11. The van der Waals surface area contributed by atoms with Crippen LogP contribution in [-0.4, -0.2) is 4.98 Å². The molecule has 0 saturated carbocycles. The molecule has 0 bridgehead atoms. The Morgan fingerprint density at radius 3 is 2.76 bits per heavy atom. The van der Waals surface area contributed by atoms with E-state index < -0.39 is 0 Å². The number of nitrogen functional groups attached to an aromatic ring is 1. The quantitative estimate of drug-likeness (QED) is 0.735. The van der Waals surface area contributed by atoms with Crippen LogP contribution < -0.4 is 10.5 Å². The first-order valence-corrected chi connectivity index (χ1v) is 7.11. The van der Waals surface area contributed by atoms with E-state index >= 15 is 0 Å². The molecule has 3 heteroatoms. The van der Waals surface area contributed by atoms with Crippen LogP contribution in [0.15, 0.2) is 54.7 Å². The van der Waals surface area contributed by atoms with Crippen LogP contribution in [0, 0.1) is 0 Å². The second-order valence-electron chi connectivity index (χ2n) is 5.00. The molecule has 1 heterocycles. The molecule has 0 spiro atoms. The van der Waals surface area contributed by atoms with E-state index in [0.29, 0.717) is 12.3 Å². The summed E-state index contributed by atoms with van der Waals surface area (Å²) in [5.41, 5.74) is 10.0. The summed E-state index contributed by atoms with van der Waals surface area (Å²) >= 11 is 0. The molecule has 1 aromatic heterocycles. The van der Waals surface area contributed by atoms with Crippen LogP contribution in [0.1, 0.15) is 18.1 Å². The van der Waals surface area contributed by atoms with Crippen LogP contribution in [0.25, 0.3) is 10.9 Å². The van der Waals surface area contributed by atoms with Gasteiger partial charge >= 0.3 is 0 Å². The highest BCUT2D eigenvalue weighted by atomic mass is 16.5. The standard InChI is InChI=1S/C18H18N2O/c1-2-13-7-8-18(16(19)11-13)21-12-14-9-10-20-17-6-4-3-5-15(14)17/h3-11H,2,12,19H2,1H3. The van der Waals surface area contributed by atoms with Gasteiger partial charge in [-0.1, -0.05) is 31.2 Å². The lowest BCUT2D eigenvalue weighted by atomic mass is 10.1. The third kappa shape index (κ3) is 2.82. The van der Waals surface area contributed by atoms with E-state index in [-0.39, 0.29) is 0 Å². The maximum Gasteiger partial charge on any atom is 0.142 e. The maximum absolute atomic E-state index is 6.04. The number of benzene rings is 2. The molecule has 21 heavy (non-hydrogen) atoms. The summed E-state index contributed by atoms with van der Waals surface area (Å²) in [4.78, 5) is 4.36. The van der Waals surface area contributed by atoms with E-state index in [0.717, 1.165) is 28.6 Å². The summed E-state index contributed by atoms with van der Waals surface area (Å²) < 4.78 is 5.88. The number of rotatable bonds is 4. The van der Waals surface area contributed by atoms with Crippen molar-refractivity contribution < 1.29 is 4.74 Å². The normalized spacial score (nSPS) is 10.7. The molecule has 2 N–H and O–H groups in total. The molecule has 0 aliphatic rings. The van der Waals surface area contributed by atoms with E-state index in [2.05, 4.69) is 24.0 Å². The first-order chi connectivity index (χ1) is 10.3. The Kier molecular flexibility index (Phi) is 3.73. The zero-order valence-corrected chi connectivity index (χ0v) is 12.0. The van der Waals surface area contributed by atoms with Crippen LogP contribution in [-0.2, 0) is 13.0 Å². The minimum atomic E-state index is 0.485. The highest BCUT2D eigenvalue weighted by Crippen LogP contribution is 2.25. The smallest absolute Gasteiger partial charge is 0.142 e. The Labute approximate surface area is 124 Å². The topological polar surface area (TPSA) is 48.1 Å². The summed E-state index contributed by atoms with van der Waals surface area (Å²) in [6.45, 7) is 2.59. The van der Waals surface area contributed by atoms with Gasteiger partial charge in [-0.2, -0.15) is 0 Å². The summed E-state index contributed by atoms with van der Waals surface area (Å²) in [7, 11) is 0. The molecule has 0 amide bonds. The van der Waals surface area contributed by atoms with Crippen molar-refractivity contribution in [3.63, 3.8) is 0 Å². The van der Waals surface area contributed by atoms with Gasteiger partial charge in [0.1, 0.15) is 12.4 Å². The van der Waals surface area contributed by atoms with Gasteiger partial charge in [0.25, 0.3) is 0 Å². The van der Waals surface area contributed by atoms with Gasteiger partial charge in [0, 0.05) is 17.1 Å². The minimum Gasteiger partial charge on any atom is -0.487 e. The van der Waals surface area contributed by atoms with Crippen LogP contribution in [0.5, 0.6) is 5.75 Å². The SMILES string of the molecule is CCc1ccc(OCc2ccnc3ccccc23)c(N)c1. The number of aromatic nitrogens is 1. The lowest BCUT2D eigenvalue weighted by molar-refractivity contribution is 0.309. The number of anilines is 1. The largest absolute Gasteiger partial charge is 0.487 e. The van der Waals surface area contributed by atoms with Gasteiger partial charge in [-0.05, 0) is 36.2 Å². The van der Waals surface area contributed by atoms with Gasteiger partial charge in [0.2, 0.25) is 0 Å². The average Bonchev–Trinajstić information content (AvgIpc) is 2.53. The molecule has 0 fully saturated rings. The van der Waals surface area contributed by atoms with Gasteiger partial charge in [0.05, 0.1) is 11.2 Å². The lowest BCUT2D eigenvalue weighted by Crippen LogP contribution is -2.00. The fourth-order valence-electron chi connectivity index (χ4n) is 2.39. The number of nitrogens with two attached hydrogens (primary N) is 1. The van der Waals surface area contributed by atoms with E-state index in [1.807, 2.05) is 42.6 Å². The van der Waals surface area contributed by atoms with Gasteiger partial charge in [-0.3, -0.25) is 4.98 Å². The lowest BCUT2D eigenvalue weighted by Gasteiger charge is -2.11. The Hall–Kier alpha value is -2.55. The predicted octanol–water partition coefficient (Wildman–Crippen LogP) is 3.96.